The van der Waals surface area contributed by atoms with E-state index in [-0.39, 0.29) is 0 Å². The molecule has 0 spiro atoms. The zero-order chi connectivity index (χ0) is 12.7. The van der Waals surface area contributed by atoms with Crippen LogP contribution in [0.3, 0.4) is 0 Å². The topological polar surface area (TPSA) is 3.24 Å². The van der Waals surface area contributed by atoms with Gasteiger partial charge in [0.2, 0.25) is 0 Å². The third-order valence-corrected chi connectivity index (χ3v) is 5.12. The Kier molecular flexibility index (Phi) is 2.63. The van der Waals surface area contributed by atoms with Gasteiger partial charge < -0.3 is 4.90 Å². The van der Waals surface area contributed by atoms with Crippen molar-refractivity contribution < 1.29 is 0 Å². The summed E-state index contributed by atoms with van der Waals surface area (Å²) in [5.74, 6) is 0. The Morgan fingerprint density at radius 3 is 2.84 bits per heavy atom. The normalized spacial score (nSPS) is 20.2. The zero-order valence-corrected chi connectivity index (χ0v) is 11.4. The molecule has 94 valence electrons. The van der Waals surface area contributed by atoms with E-state index < -0.39 is 0 Å². The van der Waals surface area contributed by atoms with Crippen LogP contribution in [0.15, 0.2) is 59.5 Å². The summed E-state index contributed by atoms with van der Waals surface area (Å²) in [6.45, 7) is 1.13. The molecule has 2 heterocycles. The van der Waals surface area contributed by atoms with Gasteiger partial charge in [0.25, 0.3) is 0 Å². The largest absolute Gasteiger partial charge is 0.355 e. The van der Waals surface area contributed by atoms with Gasteiger partial charge >= 0.3 is 0 Å². The molecular formula is C17H15NS. The third kappa shape index (κ3) is 1.87. The second-order valence-corrected chi connectivity index (χ2v) is 6.14. The molecule has 1 nitrogen and oxygen atoms in total. The molecule has 0 radical (unpaired) electrons. The molecule has 2 heteroatoms. The minimum Gasteiger partial charge on any atom is -0.355 e. The smallest absolute Gasteiger partial charge is 0.0985 e. The molecule has 2 aromatic rings. The van der Waals surface area contributed by atoms with E-state index in [1.807, 2.05) is 11.8 Å². The number of hydrogen-bond acceptors (Lipinski definition) is 2. The van der Waals surface area contributed by atoms with Gasteiger partial charge in [0.05, 0.1) is 5.37 Å². The summed E-state index contributed by atoms with van der Waals surface area (Å²) in [5, 5.41) is 0.429. The second-order valence-electron chi connectivity index (χ2n) is 4.98. The van der Waals surface area contributed by atoms with E-state index in [0.29, 0.717) is 5.37 Å². The lowest BCUT2D eigenvalue weighted by Crippen LogP contribution is -2.30. The minimum absolute atomic E-state index is 0.429. The van der Waals surface area contributed by atoms with Gasteiger partial charge in [0.15, 0.2) is 0 Å². The highest BCUT2D eigenvalue weighted by molar-refractivity contribution is 8.00. The van der Waals surface area contributed by atoms with Crippen molar-refractivity contribution in [1.29, 1.82) is 0 Å². The van der Waals surface area contributed by atoms with E-state index >= 15 is 0 Å². The summed E-state index contributed by atoms with van der Waals surface area (Å²) in [4.78, 5) is 3.91. The number of rotatable bonds is 1. The Labute approximate surface area is 117 Å². The number of nitrogens with zero attached hydrogens (tertiary/aromatic N) is 1. The van der Waals surface area contributed by atoms with Gasteiger partial charge in [-0.15, -0.1) is 0 Å². The molecule has 0 N–H and O–H groups in total. The highest BCUT2D eigenvalue weighted by Crippen LogP contribution is 2.39. The highest BCUT2D eigenvalue weighted by atomic mass is 32.2. The lowest BCUT2D eigenvalue weighted by atomic mass is 10.2. The maximum absolute atomic E-state index is 2.52. The molecule has 0 aliphatic carbocycles. The summed E-state index contributed by atoms with van der Waals surface area (Å²) in [6.07, 6.45) is 5.76. The number of anilines is 1. The zero-order valence-electron chi connectivity index (χ0n) is 10.6. The molecule has 0 amide bonds. The van der Waals surface area contributed by atoms with Gasteiger partial charge in [0.1, 0.15) is 0 Å². The Balaban J connectivity index is 1.67. The lowest BCUT2D eigenvalue weighted by molar-refractivity contribution is 0.869. The van der Waals surface area contributed by atoms with E-state index in [0.717, 1.165) is 6.54 Å². The van der Waals surface area contributed by atoms with Crippen molar-refractivity contribution in [2.24, 2.45) is 0 Å². The van der Waals surface area contributed by atoms with E-state index in [1.165, 1.54) is 28.1 Å². The van der Waals surface area contributed by atoms with Crippen LogP contribution in [0.25, 0.3) is 6.08 Å². The first-order valence-electron chi connectivity index (χ1n) is 6.70. The molecule has 2 aliphatic heterocycles. The lowest BCUT2D eigenvalue weighted by Gasteiger charge is -2.30. The molecule has 1 atom stereocenters. The van der Waals surface area contributed by atoms with Crippen molar-refractivity contribution in [3.05, 3.63) is 65.7 Å². The molecule has 0 aromatic heterocycles. The van der Waals surface area contributed by atoms with Crippen molar-refractivity contribution in [3.8, 4) is 0 Å². The number of para-hydroxylation sites is 1. The minimum atomic E-state index is 0.429. The molecule has 1 unspecified atom stereocenters. The quantitative estimate of drug-likeness (QED) is 0.760. The highest BCUT2D eigenvalue weighted by Gasteiger charge is 2.26. The Morgan fingerprint density at radius 1 is 1.00 bits per heavy atom. The van der Waals surface area contributed by atoms with E-state index in [1.54, 1.807) is 0 Å². The van der Waals surface area contributed by atoms with Crippen molar-refractivity contribution in [1.82, 2.24) is 0 Å². The maximum Gasteiger partial charge on any atom is 0.0985 e. The summed E-state index contributed by atoms with van der Waals surface area (Å²) >= 11 is 1.96. The Bertz CT molecular complexity index is 647. The fourth-order valence-corrected chi connectivity index (χ4v) is 4.07. The molecule has 0 fully saturated rings. The second kappa shape index (κ2) is 4.46. The molecule has 0 bridgehead atoms. The van der Waals surface area contributed by atoms with Gasteiger partial charge in [-0.1, -0.05) is 60.3 Å². The summed E-state index contributed by atoms with van der Waals surface area (Å²) < 4.78 is 0. The van der Waals surface area contributed by atoms with Gasteiger partial charge in [0, 0.05) is 17.1 Å². The van der Waals surface area contributed by atoms with E-state index in [9.17, 15) is 0 Å². The standard InChI is InChI=1S/C17H15NS/c1-3-7-15-13(5-1)11-12-18(15)17-10-9-14-6-2-4-8-16(14)19-17/h1-10,17H,11-12H2. The van der Waals surface area contributed by atoms with Crippen molar-refractivity contribution in [2.45, 2.75) is 16.7 Å². The van der Waals surface area contributed by atoms with Crippen LogP contribution >= 0.6 is 11.8 Å². The molecule has 2 aliphatic rings. The van der Waals surface area contributed by atoms with Crippen LogP contribution in [0, 0.1) is 0 Å². The Morgan fingerprint density at radius 2 is 1.84 bits per heavy atom. The van der Waals surface area contributed by atoms with Crippen LogP contribution in [0.5, 0.6) is 0 Å². The fraction of sp³-hybridized carbons (Fsp3) is 0.176. The van der Waals surface area contributed by atoms with Crippen LogP contribution in [-0.4, -0.2) is 11.9 Å². The summed E-state index contributed by atoms with van der Waals surface area (Å²) in [5.41, 5.74) is 4.23. The predicted molar refractivity (Wildman–Crippen MR) is 82.6 cm³/mol. The number of thioether (sulfide) groups is 1. The first kappa shape index (κ1) is 11.2. The van der Waals surface area contributed by atoms with Crippen LogP contribution < -0.4 is 4.90 Å². The summed E-state index contributed by atoms with van der Waals surface area (Å²) in [7, 11) is 0. The third-order valence-electron chi connectivity index (χ3n) is 3.84. The molecule has 0 saturated heterocycles. The van der Waals surface area contributed by atoms with Crippen LogP contribution in [0.1, 0.15) is 11.1 Å². The number of hydrogen-bond donors (Lipinski definition) is 0. The molecule has 4 rings (SSSR count). The van der Waals surface area contributed by atoms with Crippen LogP contribution in [0.2, 0.25) is 0 Å². The van der Waals surface area contributed by atoms with Gasteiger partial charge in [-0.2, -0.15) is 0 Å². The summed E-state index contributed by atoms with van der Waals surface area (Å²) in [6, 6.07) is 17.4. The molecular weight excluding hydrogens is 250 g/mol. The fourth-order valence-electron chi connectivity index (χ4n) is 2.88. The van der Waals surface area contributed by atoms with Crippen molar-refractivity contribution >= 4 is 23.5 Å². The monoisotopic (exact) mass is 265 g/mol. The molecule has 19 heavy (non-hydrogen) atoms. The SMILES string of the molecule is C1=CC(N2CCc3ccccc32)Sc2ccccc21. The van der Waals surface area contributed by atoms with Crippen LogP contribution in [0.4, 0.5) is 5.69 Å². The number of fused-ring (bicyclic) bond motifs is 2. The maximum atomic E-state index is 2.52. The predicted octanol–water partition coefficient (Wildman–Crippen LogP) is 4.19. The molecule has 0 saturated carbocycles. The van der Waals surface area contributed by atoms with Crippen LogP contribution in [-0.2, 0) is 6.42 Å². The first-order valence-corrected chi connectivity index (χ1v) is 7.58. The number of benzene rings is 2. The van der Waals surface area contributed by atoms with E-state index in [2.05, 4.69) is 65.6 Å². The van der Waals surface area contributed by atoms with Crippen molar-refractivity contribution in [2.75, 3.05) is 11.4 Å². The molecule has 2 aromatic carbocycles. The van der Waals surface area contributed by atoms with Gasteiger partial charge in [-0.3, -0.25) is 0 Å². The van der Waals surface area contributed by atoms with Crippen molar-refractivity contribution in [3.63, 3.8) is 0 Å². The first-order chi connectivity index (χ1) is 9.42. The Hall–Kier alpha value is -1.67. The van der Waals surface area contributed by atoms with Gasteiger partial charge in [-0.25, -0.2) is 0 Å². The van der Waals surface area contributed by atoms with E-state index in [4.69, 9.17) is 0 Å². The van der Waals surface area contributed by atoms with Gasteiger partial charge in [-0.05, 0) is 29.7 Å². The average Bonchev–Trinajstić information content (AvgIpc) is 2.91. The average molecular weight is 265 g/mol.